The van der Waals surface area contributed by atoms with Crippen LogP contribution in [0.1, 0.15) is 45.4 Å². The van der Waals surface area contributed by atoms with E-state index in [1.807, 2.05) is 0 Å². The van der Waals surface area contributed by atoms with E-state index in [0.717, 1.165) is 37.8 Å². The van der Waals surface area contributed by atoms with Gasteiger partial charge in [-0.25, -0.2) is 0 Å². The molecule has 0 bridgehead atoms. The molecule has 1 atom stereocenters. The Labute approximate surface area is 122 Å². The highest BCUT2D eigenvalue weighted by Crippen LogP contribution is 2.41. The van der Waals surface area contributed by atoms with Gasteiger partial charge >= 0.3 is 0 Å². The first-order chi connectivity index (χ1) is 9.64. The Morgan fingerprint density at radius 2 is 1.70 bits per heavy atom. The highest BCUT2D eigenvalue weighted by atomic mass is 16.1. The molecule has 0 heterocycles. The normalized spacial score (nSPS) is 25.7. The van der Waals surface area contributed by atoms with Gasteiger partial charge < -0.3 is 16.0 Å². The quantitative estimate of drug-likeness (QED) is 0.635. The van der Waals surface area contributed by atoms with Crippen molar-refractivity contribution in [1.29, 1.82) is 0 Å². The zero-order valence-corrected chi connectivity index (χ0v) is 12.7. The van der Waals surface area contributed by atoms with Crippen LogP contribution >= 0.6 is 0 Å². The summed E-state index contributed by atoms with van der Waals surface area (Å²) >= 11 is 0. The smallest absolute Gasteiger partial charge is 0.239 e. The maximum Gasteiger partial charge on any atom is 0.239 e. The summed E-state index contributed by atoms with van der Waals surface area (Å²) in [5.74, 6) is 2.07. The number of hydrogen-bond acceptors (Lipinski definition) is 3. The van der Waals surface area contributed by atoms with Gasteiger partial charge in [-0.15, -0.1) is 0 Å². The molecular formula is C16H29N3O. The molecule has 0 aromatic heterocycles. The monoisotopic (exact) mass is 279 g/mol. The lowest BCUT2D eigenvalue weighted by molar-refractivity contribution is -0.126. The van der Waals surface area contributed by atoms with E-state index in [4.69, 9.17) is 5.73 Å². The second-order valence-electron chi connectivity index (χ2n) is 7.22. The van der Waals surface area contributed by atoms with Crippen LogP contribution in [0, 0.1) is 17.8 Å². The number of likely N-dealkylation sites (N-methyl/N-ethyl adjacent to an activating group) is 1. The van der Waals surface area contributed by atoms with Crippen molar-refractivity contribution in [3.05, 3.63) is 0 Å². The van der Waals surface area contributed by atoms with Crippen LogP contribution in [0.2, 0.25) is 0 Å². The third kappa shape index (κ3) is 3.34. The topological polar surface area (TPSA) is 58.4 Å². The van der Waals surface area contributed by atoms with Crippen LogP contribution in [-0.4, -0.2) is 42.5 Å². The van der Waals surface area contributed by atoms with E-state index < -0.39 is 5.54 Å². The molecule has 3 aliphatic rings. The van der Waals surface area contributed by atoms with Crippen molar-refractivity contribution in [1.82, 2.24) is 10.2 Å². The number of amides is 1. The van der Waals surface area contributed by atoms with E-state index in [0.29, 0.717) is 5.92 Å². The Balaban J connectivity index is 1.68. The largest absolute Gasteiger partial charge is 0.368 e. The summed E-state index contributed by atoms with van der Waals surface area (Å²) in [5, 5.41) is 3.46. The summed E-state index contributed by atoms with van der Waals surface area (Å²) in [4.78, 5) is 14.7. The van der Waals surface area contributed by atoms with E-state index in [-0.39, 0.29) is 5.91 Å². The molecule has 4 nitrogen and oxygen atoms in total. The summed E-state index contributed by atoms with van der Waals surface area (Å²) < 4.78 is 0. The predicted molar refractivity (Wildman–Crippen MR) is 80.2 cm³/mol. The van der Waals surface area contributed by atoms with Gasteiger partial charge in [0.2, 0.25) is 5.91 Å². The number of hydrogen-bond donors (Lipinski definition) is 2. The lowest BCUT2D eigenvalue weighted by atomic mass is 9.91. The zero-order chi connectivity index (χ0) is 14.2. The Morgan fingerprint density at radius 1 is 1.15 bits per heavy atom. The van der Waals surface area contributed by atoms with Crippen LogP contribution in [0.5, 0.6) is 0 Å². The van der Waals surface area contributed by atoms with Crippen LogP contribution in [0.3, 0.4) is 0 Å². The molecule has 1 unspecified atom stereocenters. The Bertz CT molecular complexity index is 347. The molecule has 0 radical (unpaired) electrons. The van der Waals surface area contributed by atoms with Crippen LogP contribution < -0.4 is 11.1 Å². The second-order valence-corrected chi connectivity index (χ2v) is 7.22. The Hall–Kier alpha value is -0.610. The molecule has 114 valence electrons. The molecule has 3 aliphatic carbocycles. The van der Waals surface area contributed by atoms with E-state index in [2.05, 4.69) is 17.1 Å². The van der Waals surface area contributed by atoms with Crippen molar-refractivity contribution in [2.24, 2.45) is 23.5 Å². The van der Waals surface area contributed by atoms with Gasteiger partial charge in [-0.3, -0.25) is 4.79 Å². The fraction of sp³-hybridized carbons (Fsp3) is 0.938. The Morgan fingerprint density at radius 3 is 2.05 bits per heavy atom. The maximum absolute atomic E-state index is 12.2. The van der Waals surface area contributed by atoms with Gasteiger partial charge in [-0.2, -0.15) is 0 Å². The average molecular weight is 279 g/mol. The van der Waals surface area contributed by atoms with Crippen molar-refractivity contribution >= 4 is 5.91 Å². The summed E-state index contributed by atoms with van der Waals surface area (Å²) in [6.45, 7) is 6.06. The van der Waals surface area contributed by atoms with E-state index in [9.17, 15) is 4.79 Å². The fourth-order valence-corrected chi connectivity index (χ4v) is 3.47. The fourth-order valence-electron chi connectivity index (χ4n) is 3.47. The minimum atomic E-state index is -0.474. The number of primary amides is 1. The van der Waals surface area contributed by atoms with Crippen molar-refractivity contribution < 1.29 is 4.79 Å². The lowest BCUT2D eigenvalue weighted by Crippen LogP contribution is -2.63. The minimum Gasteiger partial charge on any atom is -0.368 e. The zero-order valence-electron chi connectivity index (χ0n) is 12.7. The van der Waals surface area contributed by atoms with Crippen molar-refractivity contribution in [3.8, 4) is 0 Å². The van der Waals surface area contributed by atoms with Crippen molar-refractivity contribution in [2.75, 3.05) is 26.2 Å². The summed E-state index contributed by atoms with van der Waals surface area (Å²) in [7, 11) is 0. The van der Waals surface area contributed by atoms with Gasteiger partial charge in [0.05, 0.1) is 0 Å². The molecule has 4 heteroatoms. The first kappa shape index (κ1) is 14.3. The van der Waals surface area contributed by atoms with Crippen LogP contribution in [-0.2, 0) is 4.79 Å². The third-order valence-corrected chi connectivity index (χ3v) is 5.11. The molecule has 3 N–H and O–H groups in total. The average Bonchev–Trinajstić information content (AvgIpc) is 3.25. The second kappa shape index (κ2) is 5.64. The summed E-state index contributed by atoms with van der Waals surface area (Å²) in [6.07, 6.45) is 7.78. The number of nitrogens with two attached hydrogens (primary N) is 1. The molecule has 20 heavy (non-hydrogen) atoms. The molecule has 0 aromatic rings. The van der Waals surface area contributed by atoms with Crippen molar-refractivity contribution in [2.45, 2.75) is 51.0 Å². The number of carbonyl (C=O) groups excluding carboxylic acids is 1. The molecule has 3 fully saturated rings. The molecular weight excluding hydrogens is 250 g/mol. The predicted octanol–water partition coefficient (Wildman–Crippen LogP) is 1.35. The first-order valence-electron chi connectivity index (χ1n) is 8.41. The van der Waals surface area contributed by atoms with Gasteiger partial charge in [-0.05, 0) is 62.8 Å². The number of carbonyl (C=O) groups is 1. The molecule has 3 saturated carbocycles. The van der Waals surface area contributed by atoms with E-state index in [1.54, 1.807) is 0 Å². The lowest BCUT2D eigenvalue weighted by Gasteiger charge is -2.37. The van der Waals surface area contributed by atoms with Gasteiger partial charge in [0.1, 0.15) is 5.54 Å². The molecule has 3 rings (SSSR count). The van der Waals surface area contributed by atoms with E-state index in [1.165, 1.54) is 38.8 Å². The SMILES string of the molecule is CCNC(CN(CC1CC1)CC1CC1)(C(N)=O)C1CC1. The Kier molecular flexibility index (Phi) is 4.04. The standard InChI is InChI=1S/C16H29N3O/c1-2-18-16(15(17)20,14-7-8-14)11-19(9-12-3-4-12)10-13-5-6-13/h12-14,18H,2-11H2,1H3,(H2,17,20). The van der Waals surface area contributed by atoms with Gasteiger partial charge in [0, 0.05) is 19.6 Å². The molecule has 0 aliphatic heterocycles. The molecule has 0 spiro atoms. The summed E-state index contributed by atoms with van der Waals surface area (Å²) in [5.41, 5.74) is 5.34. The number of nitrogens with zero attached hydrogens (tertiary/aromatic N) is 1. The number of rotatable bonds is 10. The number of nitrogens with one attached hydrogen (secondary N) is 1. The summed E-state index contributed by atoms with van der Waals surface area (Å²) in [6, 6.07) is 0. The van der Waals surface area contributed by atoms with Gasteiger partial charge in [0.15, 0.2) is 0 Å². The van der Waals surface area contributed by atoms with Crippen molar-refractivity contribution in [3.63, 3.8) is 0 Å². The van der Waals surface area contributed by atoms with Gasteiger partial charge in [-0.1, -0.05) is 6.92 Å². The van der Waals surface area contributed by atoms with Gasteiger partial charge in [0.25, 0.3) is 0 Å². The van der Waals surface area contributed by atoms with Crippen LogP contribution in [0.4, 0.5) is 0 Å². The third-order valence-electron chi connectivity index (χ3n) is 5.11. The first-order valence-corrected chi connectivity index (χ1v) is 8.41. The highest BCUT2D eigenvalue weighted by molar-refractivity contribution is 5.86. The molecule has 0 aromatic carbocycles. The van der Waals surface area contributed by atoms with Crippen LogP contribution in [0.15, 0.2) is 0 Å². The highest BCUT2D eigenvalue weighted by Gasteiger charge is 2.50. The minimum absolute atomic E-state index is 0.140. The molecule has 1 amide bonds. The van der Waals surface area contributed by atoms with E-state index >= 15 is 0 Å². The molecule has 0 saturated heterocycles. The van der Waals surface area contributed by atoms with Crippen LogP contribution in [0.25, 0.3) is 0 Å². The maximum atomic E-state index is 12.2.